The van der Waals surface area contributed by atoms with Crippen molar-refractivity contribution >= 4 is 26.2 Å². The number of carbonyl (C=O) groups excluding carboxylic acids is 1. The van der Waals surface area contributed by atoms with E-state index in [2.05, 4.69) is 4.74 Å². The van der Waals surface area contributed by atoms with Gasteiger partial charge in [0.05, 0.1) is 7.11 Å². The fourth-order valence-electron chi connectivity index (χ4n) is 2.81. The topological polar surface area (TPSA) is 139 Å². The summed E-state index contributed by atoms with van der Waals surface area (Å²) in [5.74, 6) is -1.40. The Labute approximate surface area is 192 Å². The minimum absolute atomic E-state index is 0.0138. The molecule has 0 bridgehead atoms. The lowest BCUT2D eigenvalue weighted by molar-refractivity contribution is -0.142. The molecular weight excluding hydrogens is 470 g/mol. The average Bonchev–Trinajstić information content (AvgIpc) is 2.81. The van der Waals surface area contributed by atoms with Crippen LogP contribution in [0.5, 0.6) is 11.5 Å². The number of nitrogens with two attached hydrogens (primary N) is 1. The second kappa shape index (κ2) is 10.0. The molecule has 0 aliphatic heterocycles. The van der Waals surface area contributed by atoms with Crippen molar-refractivity contribution < 1.29 is 34.7 Å². The molecule has 0 aliphatic rings. The summed E-state index contributed by atoms with van der Waals surface area (Å²) in [5, 5.41) is 0. The highest BCUT2D eigenvalue weighted by atomic mass is 32.2. The van der Waals surface area contributed by atoms with Gasteiger partial charge < -0.3 is 18.8 Å². The van der Waals surface area contributed by atoms with Gasteiger partial charge in [-0.15, -0.1) is 0 Å². The minimum Gasteiger partial charge on any atom is -0.468 e. The van der Waals surface area contributed by atoms with Gasteiger partial charge in [-0.05, 0) is 48.4 Å². The molecule has 3 rings (SSSR count). The van der Waals surface area contributed by atoms with Crippen LogP contribution >= 0.6 is 0 Å². The molecule has 0 fully saturated rings. The molecule has 174 valence electrons. The third-order valence-corrected chi connectivity index (χ3v) is 6.93. The fraction of sp³-hybridized carbons (Fsp3) is 0.136. The van der Waals surface area contributed by atoms with E-state index in [4.69, 9.17) is 14.1 Å². The second-order valence-corrected chi connectivity index (χ2v) is 9.91. The maximum Gasteiger partial charge on any atom is 0.339 e. The molecule has 0 aliphatic carbocycles. The van der Waals surface area contributed by atoms with Crippen molar-refractivity contribution in [3.63, 3.8) is 0 Å². The highest BCUT2D eigenvalue weighted by Crippen LogP contribution is 2.33. The van der Waals surface area contributed by atoms with Crippen molar-refractivity contribution in [3.05, 3.63) is 84.4 Å². The molecule has 11 heteroatoms. The highest BCUT2D eigenvalue weighted by molar-refractivity contribution is 7.87. The first-order chi connectivity index (χ1) is 15.6. The Bertz CT molecular complexity index is 1330. The van der Waals surface area contributed by atoms with Crippen LogP contribution in [0.1, 0.15) is 5.56 Å². The Balaban J connectivity index is 2.00. The molecule has 0 unspecified atom stereocenters. The predicted octanol–water partition coefficient (Wildman–Crippen LogP) is 2.26. The third kappa shape index (κ3) is 6.09. The van der Waals surface area contributed by atoms with Gasteiger partial charge >= 0.3 is 26.2 Å². The molecule has 33 heavy (non-hydrogen) atoms. The highest BCUT2D eigenvalue weighted by Gasteiger charge is 2.24. The molecule has 9 nitrogen and oxygen atoms in total. The van der Waals surface area contributed by atoms with Gasteiger partial charge in [0.25, 0.3) is 0 Å². The number of hydrogen-bond acceptors (Lipinski definition) is 9. The molecule has 0 amide bonds. The summed E-state index contributed by atoms with van der Waals surface area (Å²) in [7, 11) is -7.41. The number of methoxy groups -OCH3 is 1. The quantitative estimate of drug-likeness (QED) is 0.353. The number of carbonyl (C=O) groups is 1. The number of benzene rings is 3. The van der Waals surface area contributed by atoms with Crippen molar-refractivity contribution in [2.24, 2.45) is 5.73 Å². The van der Waals surface area contributed by atoms with Crippen molar-refractivity contribution in [3.8, 4) is 11.5 Å². The van der Waals surface area contributed by atoms with Gasteiger partial charge in [0.1, 0.15) is 15.8 Å². The Morgan fingerprint density at radius 3 is 1.76 bits per heavy atom. The monoisotopic (exact) mass is 491 g/mol. The first kappa shape index (κ1) is 24.2. The molecule has 0 aromatic heterocycles. The van der Waals surface area contributed by atoms with Gasteiger partial charge in [-0.25, -0.2) is 0 Å². The zero-order valence-corrected chi connectivity index (χ0v) is 19.1. The smallest absolute Gasteiger partial charge is 0.339 e. The summed E-state index contributed by atoms with van der Waals surface area (Å²) in [6.07, 6.45) is -0.0138. The van der Waals surface area contributed by atoms with Crippen molar-refractivity contribution in [2.45, 2.75) is 22.3 Å². The molecule has 0 saturated carbocycles. The number of hydrogen-bond donors (Lipinski definition) is 1. The lowest BCUT2D eigenvalue weighted by atomic mass is 10.1. The largest absolute Gasteiger partial charge is 0.468 e. The van der Waals surface area contributed by atoms with Crippen LogP contribution in [-0.2, 0) is 36.2 Å². The van der Waals surface area contributed by atoms with Crippen LogP contribution < -0.4 is 14.1 Å². The zero-order chi connectivity index (χ0) is 24.1. The van der Waals surface area contributed by atoms with E-state index in [1.807, 2.05) is 0 Å². The van der Waals surface area contributed by atoms with E-state index in [1.54, 1.807) is 12.1 Å². The number of esters is 1. The molecular formula is C22H21NO8S2. The van der Waals surface area contributed by atoms with Crippen LogP contribution in [-0.4, -0.2) is 36.0 Å². The van der Waals surface area contributed by atoms with Crippen LogP contribution in [0.4, 0.5) is 0 Å². The third-order valence-electron chi connectivity index (χ3n) is 4.43. The zero-order valence-electron chi connectivity index (χ0n) is 17.4. The van der Waals surface area contributed by atoms with E-state index in [-0.39, 0.29) is 27.7 Å². The van der Waals surface area contributed by atoms with Crippen molar-refractivity contribution in [1.29, 1.82) is 0 Å². The second-order valence-electron chi connectivity index (χ2n) is 6.82. The summed E-state index contributed by atoms with van der Waals surface area (Å²) in [6.45, 7) is 0. The van der Waals surface area contributed by atoms with E-state index in [1.165, 1.54) is 73.8 Å². The van der Waals surface area contributed by atoms with Gasteiger partial charge in [0.15, 0.2) is 11.5 Å². The SMILES string of the molecule is COC(=O)[C@@H](N)Cc1ccc(OS(=O)(=O)c2ccccc2)c(OS(=O)(=O)c2ccccc2)c1. The molecule has 0 saturated heterocycles. The summed E-state index contributed by atoms with van der Waals surface area (Å²) in [4.78, 5) is 11.4. The van der Waals surface area contributed by atoms with Gasteiger partial charge in [-0.3, -0.25) is 4.79 Å². The van der Waals surface area contributed by atoms with Crippen LogP contribution in [0.15, 0.2) is 88.7 Å². The van der Waals surface area contributed by atoms with E-state index in [0.29, 0.717) is 5.56 Å². The molecule has 3 aromatic rings. The Kier molecular flexibility index (Phi) is 7.36. The van der Waals surface area contributed by atoms with E-state index >= 15 is 0 Å². The van der Waals surface area contributed by atoms with E-state index < -0.39 is 32.2 Å². The molecule has 0 radical (unpaired) electrons. The van der Waals surface area contributed by atoms with E-state index in [9.17, 15) is 21.6 Å². The van der Waals surface area contributed by atoms with Crippen molar-refractivity contribution in [2.75, 3.05) is 7.11 Å². The molecule has 2 N–H and O–H groups in total. The summed E-state index contributed by atoms with van der Waals surface area (Å²) >= 11 is 0. The van der Waals surface area contributed by atoms with Gasteiger partial charge in [0, 0.05) is 0 Å². The van der Waals surface area contributed by atoms with Crippen molar-refractivity contribution in [1.82, 2.24) is 0 Å². The van der Waals surface area contributed by atoms with Crippen LogP contribution in [0.2, 0.25) is 0 Å². The Morgan fingerprint density at radius 1 is 0.788 bits per heavy atom. The maximum atomic E-state index is 12.8. The Morgan fingerprint density at radius 2 is 1.27 bits per heavy atom. The fourth-order valence-corrected chi connectivity index (χ4v) is 4.72. The van der Waals surface area contributed by atoms with Crippen LogP contribution in [0.25, 0.3) is 0 Å². The van der Waals surface area contributed by atoms with Gasteiger partial charge in [-0.2, -0.15) is 16.8 Å². The van der Waals surface area contributed by atoms with E-state index in [0.717, 1.165) is 0 Å². The minimum atomic E-state index is -4.32. The average molecular weight is 492 g/mol. The molecule has 1 atom stereocenters. The first-order valence-electron chi connectivity index (χ1n) is 9.58. The van der Waals surface area contributed by atoms with Crippen LogP contribution in [0.3, 0.4) is 0 Å². The summed E-state index contributed by atoms with van der Waals surface area (Å²) < 4.78 is 65.9. The Hall–Kier alpha value is -3.41. The number of rotatable bonds is 9. The summed E-state index contributed by atoms with van der Waals surface area (Å²) in [5.41, 5.74) is 6.18. The normalized spacial score (nSPS) is 12.5. The maximum absolute atomic E-state index is 12.8. The summed E-state index contributed by atoms with van der Waals surface area (Å²) in [6, 6.07) is 17.6. The molecule has 3 aromatic carbocycles. The first-order valence-corrected chi connectivity index (χ1v) is 12.4. The lowest BCUT2D eigenvalue weighted by Crippen LogP contribution is -2.33. The predicted molar refractivity (Wildman–Crippen MR) is 119 cm³/mol. The molecule has 0 heterocycles. The van der Waals surface area contributed by atoms with Gasteiger partial charge in [0.2, 0.25) is 0 Å². The number of ether oxygens (including phenoxy) is 1. The molecule has 0 spiro atoms. The van der Waals surface area contributed by atoms with Gasteiger partial charge in [-0.1, -0.05) is 42.5 Å². The lowest BCUT2D eigenvalue weighted by Gasteiger charge is -2.15. The van der Waals surface area contributed by atoms with Crippen LogP contribution in [0, 0.1) is 0 Å². The standard InChI is InChI=1S/C22H21NO8S2/c1-29-22(24)19(23)14-16-12-13-20(30-32(25,26)17-8-4-2-5-9-17)21(15-16)31-33(27,28)18-10-6-3-7-11-18/h2-13,15,19H,14,23H2,1H3/t19-/m0/s1.